The van der Waals surface area contributed by atoms with Crippen molar-refractivity contribution in [3.05, 3.63) is 66.0 Å². The summed E-state index contributed by atoms with van der Waals surface area (Å²) in [5, 5.41) is 6.04. The molecule has 0 radical (unpaired) electrons. The molecule has 5 nitrogen and oxygen atoms in total. The van der Waals surface area contributed by atoms with Crippen LogP contribution >= 0.6 is 0 Å². The second-order valence-electron chi connectivity index (χ2n) is 8.27. The first-order chi connectivity index (χ1) is 14.4. The van der Waals surface area contributed by atoms with E-state index in [1.165, 1.54) is 12.1 Å². The lowest BCUT2D eigenvalue weighted by atomic mass is 9.95. The Morgan fingerprint density at radius 3 is 2.47 bits per heavy atom. The van der Waals surface area contributed by atoms with Gasteiger partial charge < -0.3 is 10.6 Å². The van der Waals surface area contributed by atoms with E-state index in [0.717, 1.165) is 30.6 Å². The maximum Gasteiger partial charge on any atom is 0.234 e. The highest BCUT2D eigenvalue weighted by Crippen LogP contribution is 2.23. The number of hydrogen-bond acceptors (Lipinski definition) is 3. The molecule has 0 aromatic heterocycles. The van der Waals surface area contributed by atoms with Crippen molar-refractivity contribution in [1.29, 1.82) is 0 Å². The van der Waals surface area contributed by atoms with E-state index in [4.69, 9.17) is 0 Å². The van der Waals surface area contributed by atoms with Gasteiger partial charge in [-0.2, -0.15) is 0 Å². The minimum Gasteiger partial charge on any atom is -0.348 e. The molecular formula is C24H30FN3O2. The van der Waals surface area contributed by atoms with Gasteiger partial charge in [0.15, 0.2) is 0 Å². The van der Waals surface area contributed by atoms with Gasteiger partial charge in [-0.1, -0.05) is 44.2 Å². The molecular weight excluding hydrogens is 381 g/mol. The van der Waals surface area contributed by atoms with Gasteiger partial charge in [0.1, 0.15) is 5.82 Å². The number of carbonyl (C=O) groups is 2. The molecule has 1 fully saturated rings. The number of amides is 2. The summed E-state index contributed by atoms with van der Waals surface area (Å²) in [5.74, 6) is -0.338. The average Bonchev–Trinajstić information content (AvgIpc) is 2.73. The van der Waals surface area contributed by atoms with E-state index in [-0.39, 0.29) is 42.1 Å². The number of hydrogen-bond donors (Lipinski definition) is 2. The fraction of sp³-hybridized carbons (Fsp3) is 0.417. The first-order valence-electron chi connectivity index (χ1n) is 10.6. The second-order valence-corrected chi connectivity index (χ2v) is 8.27. The van der Waals surface area contributed by atoms with Gasteiger partial charge in [0.2, 0.25) is 11.8 Å². The van der Waals surface area contributed by atoms with Crippen LogP contribution in [-0.2, 0) is 9.59 Å². The van der Waals surface area contributed by atoms with Gasteiger partial charge >= 0.3 is 0 Å². The second kappa shape index (κ2) is 10.3. The Kier molecular flexibility index (Phi) is 7.57. The zero-order valence-corrected chi connectivity index (χ0v) is 17.6. The van der Waals surface area contributed by atoms with Crippen molar-refractivity contribution in [3.63, 3.8) is 0 Å². The zero-order chi connectivity index (χ0) is 21.5. The standard InChI is InChI=1S/C24H30FN3O2/c1-17(2)23(18-10-12-20(25)13-11-18)27-22(29)16-28-14-6-7-19(15-28)24(30)26-21-8-4-3-5-9-21/h3-5,8-13,17,19,23H,6-7,14-16H2,1-2H3,(H,26,30)(H,27,29). The van der Waals surface area contributed by atoms with Gasteiger partial charge in [-0.05, 0) is 55.1 Å². The number of para-hydroxylation sites is 1. The van der Waals surface area contributed by atoms with E-state index in [1.54, 1.807) is 12.1 Å². The summed E-state index contributed by atoms with van der Waals surface area (Å²) in [6, 6.07) is 15.5. The third-order valence-corrected chi connectivity index (χ3v) is 5.50. The van der Waals surface area contributed by atoms with Crippen LogP contribution < -0.4 is 10.6 Å². The van der Waals surface area contributed by atoms with Gasteiger partial charge in [0, 0.05) is 12.2 Å². The zero-order valence-electron chi connectivity index (χ0n) is 17.6. The molecule has 1 aliphatic rings. The largest absolute Gasteiger partial charge is 0.348 e. The maximum atomic E-state index is 13.2. The van der Waals surface area contributed by atoms with Gasteiger partial charge in [-0.15, -0.1) is 0 Å². The third kappa shape index (κ3) is 6.13. The molecule has 2 N–H and O–H groups in total. The van der Waals surface area contributed by atoms with Crippen LogP contribution in [0.2, 0.25) is 0 Å². The van der Waals surface area contributed by atoms with Crippen molar-refractivity contribution < 1.29 is 14.0 Å². The van der Waals surface area contributed by atoms with E-state index < -0.39 is 0 Å². The Morgan fingerprint density at radius 2 is 1.80 bits per heavy atom. The Hall–Kier alpha value is -2.73. The number of rotatable bonds is 7. The first-order valence-corrected chi connectivity index (χ1v) is 10.6. The molecule has 0 bridgehead atoms. The van der Waals surface area contributed by atoms with E-state index in [0.29, 0.717) is 6.54 Å². The minimum absolute atomic E-state index is 0.00215. The summed E-state index contributed by atoms with van der Waals surface area (Å²) >= 11 is 0. The van der Waals surface area contributed by atoms with E-state index in [1.807, 2.05) is 49.1 Å². The summed E-state index contributed by atoms with van der Waals surface area (Å²) in [7, 11) is 0. The highest BCUT2D eigenvalue weighted by Gasteiger charge is 2.28. The monoisotopic (exact) mass is 411 g/mol. The SMILES string of the molecule is CC(C)C(NC(=O)CN1CCCC(C(=O)Nc2ccccc2)C1)c1ccc(F)cc1. The molecule has 0 aliphatic carbocycles. The average molecular weight is 412 g/mol. The highest BCUT2D eigenvalue weighted by atomic mass is 19.1. The van der Waals surface area contributed by atoms with Crippen molar-refractivity contribution in [2.24, 2.45) is 11.8 Å². The topological polar surface area (TPSA) is 61.4 Å². The van der Waals surface area contributed by atoms with Gasteiger partial charge in [-0.25, -0.2) is 4.39 Å². The van der Waals surface area contributed by atoms with Gasteiger partial charge in [0.05, 0.1) is 18.5 Å². The summed E-state index contributed by atoms with van der Waals surface area (Å²) < 4.78 is 13.2. The summed E-state index contributed by atoms with van der Waals surface area (Å²) in [6.07, 6.45) is 1.70. The predicted octanol–water partition coefficient (Wildman–Crippen LogP) is 3.99. The van der Waals surface area contributed by atoms with Crippen LogP contribution in [0.4, 0.5) is 10.1 Å². The Bertz CT molecular complexity index is 839. The molecule has 1 aliphatic heterocycles. The van der Waals surface area contributed by atoms with Crippen molar-refractivity contribution in [3.8, 4) is 0 Å². The molecule has 1 heterocycles. The predicted molar refractivity (Wildman–Crippen MR) is 116 cm³/mol. The van der Waals surface area contributed by atoms with Crippen LogP contribution in [0.5, 0.6) is 0 Å². The molecule has 2 aromatic rings. The normalized spacial score (nSPS) is 18.1. The first kappa shape index (κ1) is 22.0. The van der Waals surface area contributed by atoms with Crippen LogP contribution in [0.1, 0.15) is 38.3 Å². The molecule has 2 atom stereocenters. The summed E-state index contributed by atoms with van der Waals surface area (Å²) in [6.45, 7) is 5.66. The molecule has 0 saturated carbocycles. The molecule has 30 heavy (non-hydrogen) atoms. The lowest BCUT2D eigenvalue weighted by molar-refractivity contribution is -0.126. The lowest BCUT2D eigenvalue weighted by Gasteiger charge is -2.32. The summed E-state index contributed by atoms with van der Waals surface area (Å²) in [5.41, 5.74) is 1.68. The van der Waals surface area contributed by atoms with Crippen molar-refractivity contribution >= 4 is 17.5 Å². The van der Waals surface area contributed by atoms with Crippen LogP contribution in [0.15, 0.2) is 54.6 Å². The minimum atomic E-state index is -0.291. The van der Waals surface area contributed by atoms with Crippen LogP contribution in [-0.4, -0.2) is 36.3 Å². The third-order valence-electron chi connectivity index (χ3n) is 5.50. The molecule has 3 rings (SSSR count). The summed E-state index contributed by atoms with van der Waals surface area (Å²) in [4.78, 5) is 27.4. The number of likely N-dealkylation sites (tertiary alicyclic amines) is 1. The van der Waals surface area contributed by atoms with Crippen molar-refractivity contribution in [2.75, 3.05) is 25.0 Å². The quantitative estimate of drug-likeness (QED) is 0.724. The number of nitrogens with one attached hydrogen (secondary N) is 2. The Balaban J connectivity index is 1.55. The fourth-order valence-corrected chi connectivity index (χ4v) is 3.91. The lowest BCUT2D eigenvalue weighted by Crippen LogP contribution is -2.46. The number of carbonyl (C=O) groups excluding carboxylic acids is 2. The molecule has 2 amide bonds. The molecule has 2 aromatic carbocycles. The number of anilines is 1. The molecule has 160 valence electrons. The highest BCUT2D eigenvalue weighted by molar-refractivity contribution is 5.92. The maximum absolute atomic E-state index is 13.2. The Morgan fingerprint density at radius 1 is 1.10 bits per heavy atom. The van der Waals surface area contributed by atoms with Gasteiger partial charge in [0.25, 0.3) is 0 Å². The van der Waals surface area contributed by atoms with E-state index >= 15 is 0 Å². The van der Waals surface area contributed by atoms with E-state index in [9.17, 15) is 14.0 Å². The molecule has 1 saturated heterocycles. The van der Waals surface area contributed by atoms with Crippen molar-refractivity contribution in [1.82, 2.24) is 10.2 Å². The number of piperidine rings is 1. The van der Waals surface area contributed by atoms with Crippen molar-refractivity contribution in [2.45, 2.75) is 32.7 Å². The smallest absolute Gasteiger partial charge is 0.234 e. The molecule has 6 heteroatoms. The van der Waals surface area contributed by atoms with Crippen LogP contribution in [0.25, 0.3) is 0 Å². The fourth-order valence-electron chi connectivity index (χ4n) is 3.91. The Labute approximate surface area is 177 Å². The molecule has 0 spiro atoms. The molecule has 2 unspecified atom stereocenters. The number of nitrogens with zero attached hydrogens (tertiary/aromatic N) is 1. The number of halogens is 1. The van der Waals surface area contributed by atoms with Gasteiger partial charge in [-0.3, -0.25) is 14.5 Å². The van der Waals surface area contributed by atoms with E-state index in [2.05, 4.69) is 10.6 Å². The van der Waals surface area contributed by atoms with Crippen LogP contribution in [0, 0.1) is 17.7 Å². The van der Waals surface area contributed by atoms with Crippen LogP contribution in [0.3, 0.4) is 0 Å². The number of benzene rings is 2.